The van der Waals surface area contributed by atoms with Gasteiger partial charge in [0.1, 0.15) is 5.75 Å². The number of halogens is 5. The lowest BCUT2D eigenvalue weighted by Gasteiger charge is -2.42. The van der Waals surface area contributed by atoms with E-state index in [1.165, 1.54) is 0 Å². The molecule has 1 atom stereocenters. The molecule has 1 amide bonds. The lowest BCUT2D eigenvalue weighted by molar-refractivity contribution is -0.138. The van der Waals surface area contributed by atoms with E-state index in [1.807, 2.05) is 42.3 Å². The summed E-state index contributed by atoms with van der Waals surface area (Å²) in [6, 6.07) is 11.1. The van der Waals surface area contributed by atoms with Crippen molar-refractivity contribution in [1.82, 2.24) is 10.2 Å². The van der Waals surface area contributed by atoms with Gasteiger partial charge in [-0.25, -0.2) is 0 Å². The van der Waals surface area contributed by atoms with Crippen molar-refractivity contribution >= 4 is 5.91 Å². The van der Waals surface area contributed by atoms with Crippen LogP contribution < -0.4 is 10.1 Å². The van der Waals surface area contributed by atoms with Crippen molar-refractivity contribution < 1.29 is 31.5 Å². The number of likely N-dealkylation sites (tertiary alicyclic amines) is 1. The number of ether oxygens (including phenoxy) is 1. The molecule has 1 saturated heterocycles. The predicted molar refractivity (Wildman–Crippen MR) is 100 cm³/mol. The zero-order valence-electron chi connectivity index (χ0n) is 16.2. The first-order chi connectivity index (χ1) is 14.1. The Morgan fingerprint density at radius 3 is 2.47 bits per heavy atom. The number of nitrogens with zero attached hydrogens (tertiary/aromatic N) is 1. The van der Waals surface area contributed by atoms with E-state index in [-0.39, 0.29) is 5.56 Å². The van der Waals surface area contributed by atoms with Crippen molar-refractivity contribution in [2.24, 2.45) is 0 Å². The summed E-state index contributed by atoms with van der Waals surface area (Å²) in [5, 5.41) is 2.88. The fourth-order valence-corrected chi connectivity index (χ4v) is 3.80. The van der Waals surface area contributed by atoms with Crippen molar-refractivity contribution in [2.75, 3.05) is 20.1 Å². The molecule has 1 heterocycles. The van der Waals surface area contributed by atoms with Gasteiger partial charge in [0, 0.05) is 6.54 Å². The van der Waals surface area contributed by atoms with Crippen molar-refractivity contribution in [3.8, 4) is 5.75 Å². The van der Waals surface area contributed by atoms with Crippen LogP contribution in [0, 0.1) is 0 Å². The quantitative estimate of drug-likeness (QED) is 0.705. The van der Waals surface area contributed by atoms with E-state index in [0.717, 1.165) is 24.6 Å². The molecule has 0 bridgehead atoms. The summed E-state index contributed by atoms with van der Waals surface area (Å²) >= 11 is 0. The Morgan fingerprint density at radius 1 is 1.17 bits per heavy atom. The van der Waals surface area contributed by atoms with Crippen molar-refractivity contribution in [2.45, 2.75) is 31.2 Å². The summed E-state index contributed by atoms with van der Waals surface area (Å²) in [5.41, 5.74) is -1.54. The smallest absolute Gasteiger partial charge is 0.416 e. The summed E-state index contributed by atoms with van der Waals surface area (Å²) in [5.74, 6) is -1.59. The molecule has 2 aromatic carbocycles. The number of alkyl halides is 5. The highest BCUT2D eigenvalue weighted by atomic mass is 19.4. The topological polar surface area (TPSA) is 41.6 Å². The molecule has 2 aromatic rings. The van der Waals surface area contributed by atoms with E-state index in [0.29, 0.717) is 25.1 Å². The van der Waals surface area contributed by atoms with Crippen molar-refractivity contribution in [1.29, 1.82) is 0 Å². The van der Waals surface area contributed by atoms with Crippen LogP contribution in [0.25, 0.3) is 0 Å². The van der Waals surface area contributed by atoms with Gasteiger partial charge in [-0.1, -0.05) is 30.3 Å². The fraction of sp³-hybridized carbons (Fsp3) is 0.381. The van der Waals surface area contributed by atoms with Crippen LogP contribution in [-0.2, 0) is 11.7 Å². The fourth-order valence-electron chi connectivity index (χ4n) is 3.80. The lowest BCUT2D eigenvalue weighted by atomic mass is 9.82. The molecule has 1 aliphatic heterocycles. The van der Waals surface area contributed by atoms with Gasteiger partial charge < -0.3 is 15.0 Å². The standard InChI is InChI=1S/C21H21F5N2O2/c1-28-11-5-10-20(13-28,14-6-3-2-4-7-14)27-18(29)16-9-8-15(21(24,25)26)12-17(16)30-19(22)23/h2-4,6-9,12,19H,5,10-11,13H2,1H3,(H,27,29). The second-order valence-corrected chi connectivity index (χ2v) is 7.33. The first-order valence-corrected chi connectivity index (χ1v) is 9.33. The summed E-state index contributed by atoms with van der Waals surface area (Å²) in [7, 11) is 1.90. The van der Waals surface area contributed by atoms with E-state index in [9.17, 15) is 26.7 Å². The van der Waals surface area contributed by atoms with E-state index in [4.69, 9.17) is 0 Å². The van der Waals surface area contributed by atoms with Gasteiger partial charge in [-0.05, 0) is 50.2 Å². The number of carbonyl (C=O) groups is 1. The zero-order valence-corrected chi connectivity index (χ0v) is 16.2. The highest BCUT2D eigenvalue weighted by Crippen LogP contribution is 2.35. The first kappa shape index (κ1) is 22.0. The summed E-state index contributed by atoms with van der Waals surface area (Å²) in [6.07, 6.45) is -3.38. The number of hydrogen-bond donors (Lipinski definition) is 1. The van der Waals surface area contributed by atoms with Gasteiger partial charge >= 0.3 is 12.8 Å². The Kier molecular flexibility index (Phi) is 6.30. The molecule has 0 radical (unpaired) electrons. The van der Waals surface area contributed by atoms with E-state index >= 15 is 0 Å². The molecule has 9 heteroatoms. The Morgan fingerprint density at radius 2 is 1.87 bits per heavy atom. The molecule has 0 aromatic heterocycles. The summed E-state index contributed by atoms with van der Waals surface area (Å²) < 4.78 is 68.8. The van der Waals surface area contributed by atoms with Gasteiger partial charge in [0.25, 0.3) is 5.91 Å². The number of likely N-dealkylation sites (N-methyl/N-ethyl adjacent to an activating group) is 1. The number of piperidine rings is 1. The van der Waals surface area contributed by atoms with Crippen LogP contribution in [0.1, 0.15) is 34.3 Å². The third-order valence-corrected chi connectivity index (χ3v) is 5.13. The molecule has 162 valence electrons. The maximum absolute atomic E-state index is 13.0. The Hall–Kier alpha value is -2.68. The van der Waals surface area contributed by atoms with Gasteiger partial charge in [0.2, 0.25) is 0 Å². The molecular weight excluding hydrogens is 407 g/mol. The average Bonchev–Trinajstić information content (AvgIpc) is 2.67. The van der Waals surface area contributed by atoms with Gasteiger partial charge in [0.15, 0.2) is 0 Å². The van der Waals surface area contributed by atoms with Crippen LogP contribution in [0.5, 0.6) is 5.75 Å². The Balaban J connectivity index is 1.98. The van der Waals surface area contributed by atoms with Gasteiger partial charge in [0.05, 0.1) is 16.7 Å². The third-order valence-electron chi connectivity index (χ3n) is 5.13. The van der Waals surface area contributed by atoms with Crippen LogP contribution in [-0.4, -0.2) is 37.6 Å². The molecule has 0 aliphatic carbocycles. The predicted octanol–water partition coefficient (Wildman–Crippen LogP) is 4.66. The van der Waals surface area contributed by atoms with Crippen LogP contribution >= 0.6 is 0 Å². The molecule has 0 spiro atoms. The number of rotatable bonds is 5. The molecule has 0 saturated carbocycles. The lowest BCUT2D eigenvalue weighted by Crippen LogP contribution is -2.55. The Labute approximate surface area is 170 Å². The molecule has 30 heavy (non-hydrogen) atoms. The van der Waals surface area contributed by atoms with E-state index in [2.05, 4.69) is 10.1 Å². The highest BCUT2D eigenvalue weighted by molar-refractivity contribution is 5.97. The number of amides is 1. The highest BCUT2D eigenvalue weighted by Gasteiger charge is 2.39. The maximum atomic E-state index is 13.0. The van der Waals surface area contributed by atoms with Crippen molar-refractivity contribution in [3.63, 3.8) is 0 Å². The largest absolute Gasteiger partial charge is 0.434 e. The molecule has 1 unspecified atom stereocenters. The van der Waals surface area contributed by atoms with Gasteiger partial charge in [-0.3, -0.25) is 4.79 Å². The number of hydrogen-bond acceptors (Lipinski definition) is 3. The second-order valence-electron chi connectivity index (χ2n) is 7.33. The van der Waals surface area contributed by atoms with E-state index in [1.54, 1.807) is 0 Å². The minimum atomic E-state index is -4.76. The van der Waals surface area contributed by atoms with Crippen LogP contribution in [0.2, 0.25) is 0 Å². The SMILES string of the molecule is CN1CCCC(NC(=O)c2ccc(C(F)(F)F)cc2OC(F)F)(c2ccccc2)C1. The molecule has 1 N–H and O–H groups in total. The summed E-state index contributed by atoms with van der Waals surface area (Å²) in [4.78, 5) is 15.1. The molecule has 4 nitrogen and oxygen atoms in total. The van der Waals surface area contributed by atoms with Crippen molar-refractivity contribution in [3.05, 3.63) is 65.2 Å². The number of nitrogens with one attached hydrogen (secondary N) is 1. The van der Waals surface area contributed by atoms with Crippen LogP contribution in [0.3, 0.4) is 0 Å². The second kappa shape index (κ2) is 8.59. The molecular formula is C21H21F5N2O2. The molecule has 1 aliphatic rings. The first-order valence-electron chi connectivity index (χ1n) is 9.33. The normalized spacial score (nSPS) is 20.2. The molecule has 3 rings (SSSR count). The Bertz CT molecular complexity index is 889. The number of carbonyl (C=O) groups excluding carboxylic acids is 1. The minimum absolute atomic E-state index is 0.383. The third kappa shape index (κ3) is 4.89. The van der Waals surface area contributed by atoms with Crippen LogP contribution in [0.15, 0.2) is 48.5 Å². The summed E-state index contributed by atoms with van der Waals surface area (Å²) in [6.45, 7) is -2.08. The van der Waals surface area contributed by atoms with E-state index < -0.39 is 35.5 Å². The number of benzene rings is 2. The molecule has 1 fully saturated rings. The van der Waals surface area contributed by atoms with Crippen LogP contribution in [0.4, 0.5) is 22.0 Å². The average molecular weight is 428 g/mol. The van der Waals surface area contributed by atoms with Gasteiger partial charge in [-0.2, -0.15) is 22.0 Å². The maximum Gasteiger partial charge on any atom is 0.416 e. The monoisotopic (exact) mass is 428 g/mol. The van der Waals surface area contributed by atoms with Gasteiger partial charge in [-0.15, -0.1) is 0 Å². The zero-order chi connectivity index (χ0) is 21.9. The minimum Gasteiger partial charge on any atom is -0.434 e.